The van der Waals surface area contributed by atoms with Crippen LogP contribution in [0.3, 0.4) is 0 Å². The number of hydrogen-bond acceptors (Lipinski definition) is 5. The van der Waals surface area contributed by atoms with Crippen molar-refractivity contribution in [2.45, 2.75) is 26.2 Å². The lowest BCUT2D eigenvalue weighted by atomic mass is 9.87. The zero-order chi connectivity index (χ0) is 20.1. The van der Waals surface area contributed by atoms with Crippen molar-refractivity contribution in [1.29, 1.82) is 0 Å². The molecule has 0 aliphatic carbocycles. The molecular formula is C22H24N4O2. The molecule has 0 fully saturated rings. The van der Waals surface area contributed by atoms with Crippen molar-refractivity contribution in [3.63, 3.8) is 0 Å². The van der Waals surface area contributed by atoms with Crippen LogP contribution in [-0.2, 0) is 5.41 Å². The van der Waals surface area contributed by atoms with Gasteiger partial charge in [-0.3, -0.25) is 4.79 Å². The monoisotopic (exact) mass is 376 g/mol. The first-order valence-electron chi connectivity index (χ1n) is 9.02. The van der Waals surface area contributed by atoms with E-state index in [1.807, 2.05) is 12.1 Å². The van der Waals surface area contributed by atoms with Gasteiger partial charge in [0.1, 0.15) is 5.75 Å². The number of benzene rings is 2. The fourth-order valence-electron chi connectivity index (χ4n) is 2.59. The van der Waals surface area contributed by atoms with Crippen LogP contribution >= 0.6 is 0 Å². The van der Waals surface area contributed by atoms with Crippen LogP contribution in [-0.4, -0.2) is 23.2 Å². The third kappa shape index (κ3) is 4.85. The average Bonchev–Trinajstić information content (AvgIpc) is 2.69. The summed E-state index contributed by atoms with van der Waals surface area (Å²) in [5.41, 5.74) is 3.18. The average molecular weight is 376 g/mol. The van der Waals surface area contributed by atoms with E-state index in [0.29, 0.717) is 11.5 Å². The van der Waals surface area contributed by atoms with E-state index < -0.39 is 0 Å². The van der Waals surface area contributed by atoms with E-state index >= 15 is 0 Å². The van der Waals surface area contributed by atoms with Gasteiger partial charge in [0.25, 0.3) is 5.91 Å². The van der Waals surface area contributed by atoms with Crippen molar-refractivity contribution in [3.05, 3.63) is 71.9 Å². The molecule has 2 aromatic carbocycles. The number of carbonyl (C=O) groups excluding carboxylic acids is 1. The fourth-order valence-corrected chi connectivity index (χ4v) is 2.59. The molecule has 6 nitrogen and oxygen atoms in total. The number of nitrogens with one attached hydrogen (secondary N) is 2. The standard InChI is InChI=1S/C22H24N4O2/c1-22(2,3)15-5-7-16(8-6-15)23-20-14-13-19(25-26-20)21(27)24-17-9-11-18(28-4)12-10-17/h5-14H,1-4H3,(H,23,26)(H,24,27). The number of amides is 1. The van der Waals surface area contributed by atoms with Crippen LogP contribution in [0.25, 0.3) is 0 Å². The van der Waals surface area contributed by atoms with Crippen molar-refractivity contribution < 1.29 is 9.53 Å². The van der Waals surface area contributed by atoms with Gasteiger partial charge in [-0.05, 0) is 59.5 Å². The number of anilines is 3. The quantitative estimate of drug-likeness (QED) is 0.670. The van der Waals surface area contributed by atoms with Crippen LogP contribution in [0.2, 0.25) is 0 Å². The summed E-state index contributed by atoms with van der Waals surface area (Å²) in [5.74, 6) is 0.979. The van der Waals surface area contributed by atoms with Gasteiger partial charge in [0.15, 0.2) is 11.5 Å². The van der Waals surface area contributed by atoms with Crippen LogP contribution in [0, 0.1) is 0 Å². The van der Waals surface area contributed by atoms with E-state index in [9.17, 15) is 4.79 Å². The normalized spacial score (nSPS) is 11.0. The van der Waals surface area contributed by atoms with E-state index in [-0.39, 0.29) is 17.0 Å². The molecule has 0 aliphatic rings. The third-order valence-electron chi connectivity index (χ3n) is 4.27. The Kier molecular flexibility index (Phi) is 5.59. The molecule has 0 saturated carbocycles. The van der Waals surface area contributed by atoms with Gasteiger partial charge in [-0.2, -0.15) is 0 Å². The number of rotatable bonds is 5. The number of ether oxygens (including phenoxy) is 1. The summed E-state index contributed by atoms with van der Waals surface area (Å²) in [6.45, 7) is 6.53. The lowest BCUT2D eigenvalue weighted by Crippen LogP contribution is -2.14. The number of carbonyl (C=O) groups is 1. The van der Waals surface area contributed by atoms with Gasteiger partial charge in [-0.15, -0.1) is 10.2 Å². The zero-order valence-corrected chi connectivity index (χ0v) is 16.5. The Hall–Kier alpha value is -3.41. The first kappa shape index (κ1) is 19.4. The highest BCUT2D eigenvalue weighted by Gasteiger charge is 2.13. The van der Waals surface area contributed by atoms with Gasteiger partial charge in [-0.1, -0.05) is 32.9 Å². The van der Waals surface area contributed by atoms with Crippen molar-refractivity contribution in [2.75, 3.05) is 17.7 Å². The molecule has 3 aromatic rings. The zero-order valence-electron chi connectivity index (χ0n) is 16.5. The maximum Gasteiger partial charge on any atom is 0.276 e. The molecule has 0 radical (unpaired) electrons. The Morgan fingerprint density at radius 1 is 0.857 bits per heavy atom. The minimum Gasteiger partial charge on any atom is -0.497 e. The predicted molar refractivity (Wildman–Crippen MR) is 111 cm³/mol. The number of methoxy groups -OCH3 is 1. The fraction of sp³-hybridized carbons (Fsp3) is 0.227. The van der Waals surface area contributed by atoms with Crippen LogP contribution in [0.1, 0.15) is 36.8 Å². The van der Waals surface area contributed by atoms with Crippen LogP contribution in [0.5, 0.6) is 5.75 Å². The Bertz CT molecular complexity index is 928. The molecule has 0 saturated heterocycles. The maximum absolute atomic E-state index is 12.3. The van der Waals surface area contributed by atoms with E-state index in [2.05, 4.69) is 53.7 Å². The second-order valence-electron chi connectivity index (χ2n) is 7.44. The summed E-state index contributed by atoms with van der Waals surface area (Å²) in [4.78, 5) is 12.3. The Morgan fingerprint density at radius 3 is 2.04 bits per heavy atom. The van der Waals surface area contributed by atoms with Gasteiger partial charge in [0.2, 0.25) is 0 Å². The minimum absolute atomic E-state index is 0.108. The lowest BCUT2D eigenvalue weighted by molar-refractivity contribution is 0.102. The molecule has 2 N–H and O–H groups in total. The third-order valence-corrected chi connectivity index (χ3v) is 4.27. The molecule has 0 bridgehead atoms. The summed E-state index contributed by atoms with van der Waals surface area (Å²) in [6.07, 6.45) is 0. The molecule has 1 aromatic heterocycles. The first-order valence-corrected chi connectivity index (χ1v) is 9.02. The largest absolute Gasteiger partial charge is 0.497 e. The van der Waals surface area contributed by atoms with Gasteiger partial charge >= 0.3 is 0 Å². The summed E-state index contributed by atoms with van der Waals surface area (Å²) < 4.78 is 5.10. The highest BCUT2D eigenvalue weighted by Crippen LogP contribution is 2.24. The smallest absolute Gasteiger partial charge is 0.276 e. The number of nitrogens with zero attached hydrogens (tertiary/aromatic N) is 2. The second-order valence-corrected chi connectivity index (χ2v) is 7.44. The second kappa shape index (κ2) is 8.08. The Morgan fingerprint density at radius 2 is 1.50 bits per heavy atom. The summed E-state index contributed by atoms with van der Waals surface area (Å²) >= 11 is 0. The first-order chi connectivity index (χ1) is 13.3. The molecule has 0 unspecified atom stereocenters. The molecule has 0 atom stereocenters. The van der Waals surface area contributed by atoms with Gasteiger partial charge in [-0.25, -0.2) is 0 Å². The van der Waals surface area contributed by atoms with E-state index in [1.54, 1.807) is 43.5 Å². The highest BCUT2D eigenvalue weighted by molar-refractivity contribution is 6.02. The Balaban J connectivity index is 1.63. The molecule has 1 amide bonds. The molecule has 0 aliphatic heterocycles. The summed E-state index contributed by atoms with van der Waals surface area (Å²) in [6, 6.07) is 18.6. The van der Waals surface area contributed by atoms with Crippen molar-refractivity contribution in [2.24, 2.45) is 0 Å². The molecule has 3 rings (SSSR count). The molecular weight excluding hydrogens is 352 g/mol. The molecule has 144 valence electrons. The highest BCUT2D eigenvalue weighted by atomic mass is 16.5. The van der Waals surface area contributed by atoms with Crippen LogP contribution < -0.4 is 15.4 Å². The number of hydrogen-bond donors (Lipinski definition) is 2. The minimum atomic E-state index is -0.321. The van der Waals surface area contributed by atoms with E-state index in [0.717, 1.165) is 11.4 Å². The van der Waals surface area contributed by atoms with E-state index in [1.165, 1.54) is 5.56 Å². The topological polar surface area (TPSA) is 76.1 Å². The summed E-state index contributed by atoms with van der Waals surface area (Å²) in [7, 11) is 1.59. The van der Waals surface area contributed by atoms with Gasteiger partial charge < -0.3 is 15.4 Å². The van der Waals surface area contributed by atoms with Crippen molar-refractivity contribution in [1.82, 2.24) is 10.2 Å². The van der Waals surface area contributed by atoms with Gasteiger partial charge in [0, 0.05) is 11.4 Å². The molecule has 0 spiro atoms. The predicted octanol–water partition coefficient (Wildman–Crippen LogP) is 4.78. The molecule has 1 heterocycles. The van der Waals surface area contributed by atoms with Crippen molar-refractivity contribution >= 4 is 23.1 Å². The van der Waals surface area contributed by atoms with Crippen LogP contribution in [0.4, 0.5) is 17.2 Å². The summed E-state index contributed by atoms with van der Waals surface area (Å²) in [5, 5.41) is 14.1. The maximum atomic E-state index is 12.3. The Labute approximate surface area is 165 Å². The van der Waals surface area contributed by atoms with Gasteiger partial charge in [0.05, 0.1) is 7.11 Å². The van der Waals surface area contributed by atoms with Crippen molar-refractivity contribution in [3.8, 4) is 5.75 Å². The lowest BCUT2D eigenvalue weighted by Gasteiger charge is -2.19. The number of aromatic nitrogens is 2. The molecule has 28 heavy (non-hydrogen) atoms. The SMILES string of the molecule is COc1ccc(NC(=O)c2ccc(Nc3ccc(C(C)(C)C)cc3)nn2)cc1. The molecule has 6 heteroatoms. The van der Waals surface area contributed by atoms with E-state index in [4.69, 9.17) is 4.74 Å². The van der Waals surface area contributed by atoms with Crippen LogP contribution in [0.15, 0.2) is 60.7 Å².